The second kappa shape index (κ2) is 9.55. The summed E-state index contributed by atoms with van der Waals surface area (Å²) in [7, 11) is -3.20. The van der Waals surface area contributed by atoms with E-state index in [9.17, 15) is 18.0 Å². The highest BCUT2D eigenvalue weighted by atomic mass is 28.4. The highest BCUT2D eigenvalue weighted by Gasteiger charge is 2.38. The lowest BCUT2D eigenvalue weighted by Gasteiger charge is -2.28. The first-order valence-corrected chi connectivity index (χ1v) is 10.3. The van der Waals surface area contributed by atoms with Crippen LogP contribution in [0.25, 0.3) is 0 Å². The maximum Gasteiger partial charge on any atom is 0.498 e. The molecule has 0 amide bonds. The summed E-state index contributed by atoms with van der Waals surface area (Å²) >= 11 is 0. The Bertz CT molecular complexity index is 491. The number of hydrogen-bond donors (Lipinski definition) is 1. The molecule has 0 fully saturated rings. The van der Waals surface area contributed by atoms with E-state index in [1.807, 2.05) is 27.7 Å². The summed E-state index contributed by atoms with van der Waals surface area (Å²) in [6.07, 6.45) is 2.33. The Morgan fingerprint density at radius 1 is 0.917 bits per heavy atom. The van der Waals surface area contributed by atoms with Gasteiger partial charge in [-0.25, -0.2) is 13.2 Å². The van der Waals surface area contributed by atoms with Gasteiger partial charge in [-0.15, -0.1) is 0 Å². The molecule has 7 heteroatoms. The summed E-state index contributed by atoms with van der Waals surface area (Å²) in [5, 5.41) is 0. The molecule has 0 atom stereocenters. The topological polar surface area (TPSA) is 38.7 Å². The molecule has 1 aromatic carbocycles. The third kappa shape index (κ3) is 7.34. The third-order valence-corrected chi connectivity index (χ3v) is 6.01. The van der Waals surface area contributed by atoms with Crippen molar-refractivity contribution < 1.29 is 26.8 Å². The van der Waals surface area contributed by atoms with E-state index in [-0.39, 0.29) is 12.2 Å². The van der Waals surface area contributed by atoms with Gasteiger partial charge in [0.1, 0.15) is 0 Å². The van der Waals surface area contributed by atoms with Crippen molar-refractivity contribution in [2.24, 2.45) is 0 Å². The van der Waals surface area contributed by atoms with E-state index >= 15 is 0 Å². The monoisotopic (exact) mass is 364 g/mol. The van der Waals surface area contributed by atoms with Crippen molar-refractivity contribution in [3.05, 3.63) is 35.1 Å². The average molecular weight is 364 g/mol. The molecule has 0 aliphatic heterocycles. The van der Waals surface area contributed by atoms with Crippen LogP contribution in [0, 0.1) is 17.5 Å². The predicted octanol–water partition coefficient (Wildman–Crippen LogP) is 4.60. The quantitative estimate of drug-likeness (QED) is 0.375. The summed E-state index contributed by atoms with van der Waals surface area (Å²) in [5.41, 5.74) is 0.427. The first kappa shape index (κ1) is 21.2. The van der Waals surface area contributed by atoms with Crippen molar-refractivity contribution >= 4 is 8.80 Å². The molecule has 0 heterocycles. The normalized spacial score (nSPS) is 12.4. The SMILES string of the molecule is CC(C)O[Si](O)(CCCCCc1cc(F)c(F)c(F)c1)OC(C)C. The first-order chi connectivity index (χ1) is 11.1. The van der Waals surface area contributed by atoms with Crippen LogP contribution in [-0.2, 0) is 15.3 Å². The molecule has 1 aromatic rings. The lowest BCUT2D eigenvalue weighted by atomic mass is 10.1. The van der Waals surface area contributed by atoms with Gasteiger partial charge < -0.3 is 13.6 Å². The Labute approximate surface area is 143 Å². The number of hydrogen-bond acceptors (Lipinski definition) is 3. The summed E-state index contributed by atoms with van der Waals surface area (Å²) in [5.74, 6) is -3.77. The molecule has 24 heavy (non-hydrogen) atoms. The Hall–Kier alpha value is -0.893. The fraction of sp³-hybridized carbons (Fsp3) is 0.647. The highest BCUT2D eigenvalue weighted by Crippen LogP contribution is 2.20. The van der Waals surface area contributed by atoms with E-state index in [1.54, 1.807) is 0 Å². The number of aryl methyl sites for hydroxylation is 1. The van der Waals surface area contributed by atoms with Crippen LogP contribution in [0.2, 0.25) is 6.04 Å². The standard InChI is InChI=1S/C17H27F3O3Si/c1-12(2)22-24(21,23-13(3)4)9-7-5-6-8-14-10-15(18)17(20)16(19)11-14/h10-13,21H,5-9H2,1-4H3. The molecule has 0 saturated heterocycles. The van der Waals surface area contributed by atoms with Crippen molar-refractivity contribution in [2.75, 3.05) is 0 Å². The Morgan fingerprint density at radius 3 is 1.88 bits per heavy atom. The number of unbranched alkanes of at least 4 members (excludes halogenated alkanes) is 2. The molecule has 1 N–H and O–H groups in total. The second-order valence-electron chi connectivity index (χ2n) is 6.48. The molecule has 1 rings (SSSR count). The van der Waals surface area contributed by atoms with Gasteiger partial charge in [-0.05, 0) is 64.7 Å². The molecule has 3 nitrogen and oxygen atoms in total. The third-order valence-electron chi connectivity index (χ3n) is 3.34. The number of halogens is 3. The fourth-order valence-electron chi connectivity index (χ4n) is 2.49. The smallest absolute Gasteiger partial charge is 0.390 e. The molecular weight excluding hydrogens is 337 g/mol. The van der Waals surface area contributed by atoms with E-state index < -0.39 is 26.3 Å². The van der Waals surface area contributed by atoms with Gasteiger partial charge in [-0.2, -0.15) is 0 Å². The van der Waals surface area contributed by atoms with Crippen LogP contribution < -0.4 is 0 Å². The molecule has 0 radical (unpaired) electrons. The molecule has 0 saturated carbocycles. The largest absolute Gasteiger partial charge is 0.498 e. The van der Waals surface area contributed by atoms with Gasteiger partial charge in [-0.3, -0.25) is 0 Å². The van der Waals surface area contributed by atoms with Crippen molar-refractivity contribution in [3.8, 4) is 0 Å². The van der Waals surface area contributed by atoms with Gasteiger partial charge in [0, 0.05) is 18.3 Å². The van der Waals surface area contributed by atoms with Crippen LogP contribution in [0.3, 0.4) is 0 Å². The number of rotatable bonds is 10. The molecule has 0 bridgehead atoms. The second-order valence-corrected chi connectivity index (χ2v) is 8.88. The van der Waals surface area contributed by atoms with E-state index in [0.717, 1.165) is 18.6 Å². The fourth-order valence-corrected chi connectivity index (χ4v) is 4.95. The maximum absolute atomic E-state index is 13.1. The van der Waals surface area contributed by atoms with Gasteiger partial charge in [0.2, 0.25) is 0 Å². The van der Waals surface area contributed by atoms with Crippen LogP contribution in [0.5, 0.6) is 0 Å². The van der Waals surface area contributed by atoms with Crippen molar-refractivity contribution in [1.82, 2.24) is 0 Å². The van der Waals surface area contributed by atoms with Gasteiger partial charge in [0.25, 0.3) is 0 Å². The molecule has 138 valence electrons. The van der Waals surface area contributed by atoms with E-state index in [1.165, 1.54) is 0 Å². The zero-order chi connectivity index (χ0) is 18.3. The molecule has 0 aromatic heterocycles. The Morgan fingerprint density at radius 2 is 1.42 bits per heavy atom. The average Bonchev–Trinajstić information content (AvgIpc) is 2.42. The zero-order valence-electron chi connectivity index (χ0n) is 14.7. The van der Waals surface area contributed by atoms with E-state index in [4.69, 9.17) is 8.85 Å². The van der Waals surface area contributed by atoms with Crippen molar-refractivity contribution in [2.45, 2.75) is 71.6 Å². The van der Waals surface area contributed by atoms with Gasteiger partial charge in [0.15, 0.2) is 17.5 Å². The van der Waals surface area contributed by atoms with Gasteiger partial charge >= 0.3 is 8.80 Å². The highest BCUT2D eigenvalue weighted by molar-refractivity contribution is 6.59. The minimum Gasteiger partial charge on any atom is -0.390 e. The maximum atomic E-state index is 13.1. The molecule has 0 unspecified atom stereocenters. The van der Waals surface area contributed by atoms with Gasteiger partial charge in [0.05, 0.1) is 0 Å². The molecule has 0 aliphatic rings. The molecule has 0 aliphatic carbocycles. The van der Waals surface area contributed by atoms with Crippen molar-refractivity contribution in [1.29, 1.82) is 0 Å². The first-order valence-electron chi connectivity index (χ1n) is 8.34. The van der Waals surface area contributed by atoms with Crippen LogP contribution >= 0.6 is 0 Å². The van der Waals surface area contributed by atoms with Crippen molar-refractivity contribution in [3.63, 3.8) is 0 Å². The van der Waals surface area contributed by atoms with E-state index in [2.05, 4.69) is 0 Å². The van der Waals surface area contributed by atoms with E-state index in [0.29, 0.717) is 30.9 Å². The van der Waals surface area contributed by atoms with Crippen LogP contribution in [0.4, 0.5) is 13.2 Å². The Kier molecular flexibility index (Phi) is 8.42. The number of benzene rings is 1. The lowest BCUT2D eigenvalue weighted by Crippen LogP contribution is -2.46. The van der Waals surface area contributed by atoms with Gasteiger partial charge in [-0.1, -0.05) is 6.42 Å². The molecule has 0 spiro atoms. The summed E-state index contributed by atoms with van der Waals surface area (Å²) in [4.78, 5) is 10.5. The summed E-state index contributed by atoms with van der Waals surface area (Å²) in [6, 6.07) is 2.48. The minimum atomic E-state index is -3.20. The predicted molar refractivity (Wildman–Crippen MR) is 89.1 cm³/mol. The molecular formula is C17H27F3O3Si. The van der Waals surface area contributed by atoms with Crippen LogP contribution in [0.15, 0.2) is 12.1 Å². The zero-order valence-corrected chi connectivity index (χ0v) is 15.7. The summed E-state index contributed by atoms with van der Waals surface area (Å²) in [6.45, 7) is 7.39. The van der Waals surface area contributed by atoms with Crippen LogP contribution in [-0.4, -0.2) is 25.8 Å². The Balaban J connectivity index is 2.43. The minimum absolute atomic E-state index is 0.120. The summed E-state index contributed by atoms with van der Waals surface area (Å²) < 4.78 is 50.3. The lowest BCUT2D eigenvalue weighted by molar-refractivity contribution is 0.0472. The van der Waals surface area contributed by atoms with Crippen LogP contribution in [0.1, 0.15) is 52.5 Å².